The molecular formula is C31H31N3O4. The molecule has 2 aliphatic rings. The Labute approximate surface area is 222 Å². The number of nitrogens with one attached hydrogen (secondary N) is 2. The van der Waals surface area contributed by atoms with Gasteiger partial charge in [0, 0.05) is 11.6 Å². The first kappa shape index (κ1) is 25.3. The molecule has 1 aliphatic heterocycles. The normalized spacial score (nSPS) is 19.7. The SMILES string of the molecule is COC(=O)c1ccc([C@@H]2Nc3ccc(/C(C)=N\NC(=O)COc4ccccc4C)cc3[C@@H]3C=CC[C@@H]32)cc1. The molecule has 38 heavy (non-hydrogen) atoms. The number of para-hydroxylation sites is 1. The van der Waals surface area contributed by atoms with Gasteiger partial charge in [-0.05, 0) is 78.8 Å². The van der Waals surface area contributed by atoms with E-state index in [9.17, 15) is 9.59 Å². The molecule has 0 spiro atoms. The van der Waals surface area contributed by atoms with Crippen LogP contribution in [0.3, 0.4) is 0 Å². The average Bonchev–Trinajstić information content (AvgIpc) is 3.45. The number of aryl methyl sites for hydroxylation is 1. The highest BCUT2D eigenvalue weighted by atomic mass is 16.5. The number of fused-ring (bicyclic) bond motifs is 3. The van der Waals surface area contributed by atoms with Crippen molar-refractivity contribution < 1.29 is 19.1 Å². The molecule has 0 radical (unpaired) electrons. The van der Waals surface area contributed by atoms with Crippen LogP contribution in [0.1, 0.15) is 57.9 Å². The van der Waals surface area contributed by atoms with Gasteiger partial charge in [0.05, 0.1) is 24.4 Å². The zero-order valence-electron chi connectivity index (χ0n) is 21.7. The van der Waals surface area contributed by atoms with Crippen LogP contribution in [-0.2, 0) is 9.53 Å². The fourth-order valence-corrected chi connectivity index (χ4v) is 5.20. The van der Waals surface area contributed by atoms with Crippen molar-refractivity contribution in [3.05, 3.63) is 107 Å². The molecule has 0 saturated carbocycles. The average molecular weight is 510 g/mol. The van der Waals surface area contributed by atoms with Crippen LogP contribution in [0.15, 0.2) is 84.0 Å². The molecular weight excluding hydrogens is 478 g/mol. The second kappa shape index (κ2) is 10.9. The van der Waals surface area contributed by atoms with Crippen molar-refractivity contribution in [2.75, 3.05) is 19.0 Å². The van der Waals surface area contributed by atoms with Crippen LogP contribution in [0.25, 0.3) is 0 Å². The van der Waals surface area contributed by atoms with E-state index in [1.165, 1.54) is 12.7 Å². The number of carbonyl (C=O) groups excluding carboxylic acids is 2. The lowest BCUT2D eigenvalue weighted by molar-refractivity contribution is -0.123. The van der Waals surface area contributed by atoms with Crippen molar-refractivity contribution in [3.8, 4) is 5.75 Å². The molecule has 194 valence electrons. The summed E-state index contributed by atoms with van der Waals surface area (Å²) in [6.07, 6.45) is 5.49. The van der Waals surface area contributed by atoms with Crippen LogP contribution in [0.2, 0.25) is 0 Å². The van der Waals surface area contributed by atoms with E-state index in [1.807, 2.05) is 68.4 Å². The Kier molecular flexibility index (Phi) is 7.26. The van der Waals surface area contributed by atoms with Crippen LogP contribution in [0.5, 0.6) is 5.75 Å². The summed E-state index contributed by atoms with van der Waals surface area (Å²) in [5.74, 6) is 0.659. The third-order valence-electron chi connectivity index (χ3n) is 7.27. The van der Waals surface area contributed by atoms with Gasteiger partial charge in [0.2, 0.25) is 0 Å². The van der Waals surface area contributed by atoms with Crippen molar-refractivity contribution in [1.29, 1.82) is 0 Å². The van der Waals surface area contributed by atoms with Crippen LogP contribution < -0.4 is 15.5 Å². The highest BCUT2D eigenvalue weighted by Gasteiger charge is 2.38. The Balaban J connectivity index is 1.29. The summed E-state index contributed by atoms with van der Waals surface area (Å²) in [6, 6.07) is 21.6. The second-order valence-corrected chi connectivity index (χ2v) is 9.68. The van der Waals surface area contributed by atoms with E-state index in [0.717, 1.165) is 34.5 Å². The predicted octanol–water partition coefficient (Wildman–Crippen LogP) is 5.53. The maximum absolute atomic E-state index is 12.3. The number of nitrogens with zero attached hydrogens (tertiary/aromatic N) is 1. The highest BCUT2D eigenvalue weighted by Crippen LogP contribution is 2.50. The third-order valence-corrected chi connectivity index (χ3v) is 7.27. The molecule has 3 aromatic carbocycles. The fourth-order valence-electron chi connectivity index (χ4n) is 5.20. The summed E-state index contributed by atoms with van der Waals surface area (Å²) in [4.78, 5) is 24.1. The lowest BCUT2D eigenvalue weighted by Gasteiger charge is -2.37. The van der Waals surface area contributed by atoms with Gasteiger partial charge in [0.15, 0.2) is 6.61 Å². The summed E-state index contributed by atoms with van der Waals surface area (Å²) in [7, 11) is 1.39. The van der Waals surface area contributed by atoms with Gasteiger partial charge in [0.25, 0.3) is 5.91 Å². The molecule has 0 saturated heterocycles. The quantitative estimate of drug-likeness (QED) is 0.189. The largest absolute Gasteiger partial charge is 0.483 e. The topological polar surface area (TPSA) is 89.0 Å². The Morgan fingerprint density at radius 2 is 1.82 bits per heavy atom. The van der Waals surface area contributed by atoms with E-state index in [4.69, 9.17) is 9.47 Å². The number of amides is 1. The number of esters is 1. The number of rotatable bonds is 7. The number of anilines is 1. The Hall–Kier alpha value is -4.39. The predicted molar refractivity (Wildman–Crippen MR) is 148 cm³/mol. The van der Waals surface area contributed by atoms with Crippen molar-refractivity contribution >= 4 is 23.3 Å². The first-order valence-corrected chi connectivity index (χ1v) is 12.7. The molecule has 1 amide bonds. The van der Waals surface area contributed by atoms with Gasteiger partial charge < -0.3 is 14.8 Å². The van der Waals surface area contributed by atoms with Crippen LogP contribution >= 0.6 is 0 Å². The van der Waals surface area contributed by atoms with Crippen molar-refractivity contribution in [3.63, 3.8) is 0 Å². The Morgan fingerprint density at radius 1 is 1.05 bits per heavy atom. The van der Waals surface area contributed by atoms with E-state index >= 15 is 0 Å². The van der Waals surface area contributed by atoms with Gasteiger partial charge in [0.1, 0.15) is 5.75 Å². The van der Waals surface area contributed by atoms with Crippen molar-refractivity contribution in [2.45, 2.75) is 32.2 Å². The maximum atomic E-state index is 12.3. The first-order chi connectivity index (χ1) is 18.4. The molecule has 1 heterocycles. The standard InChI is InChI=1S/C31H31N3O4/c1-19-7-4-5-10-28(19)38-18-29(35)34-33-20(2)23-15-16-27-26(17-23)24-8-6-9-25(24)30(32-27)21-11-13-22(14-12-21)31(36)37-3/h4-8,10-17,24-25,30,32H,9,18H2,1-3H3,(H,34,35)/b33-20-/t24-,25+,30+/m1/s1. The molecule has 0 aromatic heterocycles. The summed E-state index contributed by atoms with van der Waals surface area (Å²) in [5, 5.41) is 8.03. The zero-order chi connectivity index (χ0) is 26.6. The summed E-state index contributed by atoms with van der Waals surface area (Å²) < 4.78 is 10.4. The van der Waals surface area contributed by atoms with Gasteiger partial charge in [-0.3, -0.25) is 4.79 Å². The number of hydrogen-bond donors (Lipinski definition) is 2. The molecule has 3 atom stereocenters. The Morgan fingerprint density at radius 3 is 2.58 bits per heavy atom. The molecule has 0 bridgehead atoms. The van der Waals surface area contributed by atoms with Crippen molar-refractivity contribution in [1.82, 2.24) is 5.43 Å². The van der Waals surface area contributed by atoms with E-state index in [1.54, 1.807) is 0 Å². The summed E-state index contributed by atoms with van der Waals surface area (Å²) in [5.41, 5.74) is 9.22. The minimum absolute atomic E-state index is 0.105. The van der Waals surface area contributed by atoms with Crippen molar-refractivity contribution in [2.24, 2.45) is 11.0 Å². The van der Waals surface area contributed by atoms with Crippen LogP contribution in [-0.4, -0.2) is 31.3 Å². The number of carbonyl (C=O) groups is 2. The number of benzene rings is 3. The van der Waals surface area contributed by atoms with E-state index < -0.39 is 0 Å². The van der Waals surface area contributed by atoms with Crippen LogP contribution in [0, 0.1) is 12.8 Å². The molecule has 7 heteroatoms. The monoisotopic (exact) mass is 509 g/mol. The smallest absolute Gasteiger partial charge is 0.337 e. The molecule has 1 aliphatic carbocycles. The number of allylic oxidation sites excluding steroid dienone is 2. The number of ether oxygens (including phenoxy) is 2. The van der Waals surface area contributed by atoms with E-state index in [2.05, 4.69) is 40.1 Å². The number of hydrogen-bond acceptors (Lipinski definition) is 6. The van der Waals surface area contributed by atoms with Gasteiger partial charge in [-0.1, -0.05) is 48.6 Å². The summed E-state index contributed by atoms with van der Waals surface area (Å²) in [6.45, 7) is 3.72. The Bertz CT molecular complexity index is 1410. The minimum atomic E-state index is -0.335. The molecule has 3 aromatic rings. The van der Waals surface area contributed by atoms with Gasteiger partial charge in [-0.15, -0.1) is 0 Å². The van der Waals surface area contributed by atoms with Gasteiger partial charge in [-0.25, -0.2) is 10.2 Å². The summed E-state index contributed by atoms with van der Waals surface area (Å²) >= 11 is 0. The van der Waals surface area contributed by atoms with Gasteiger partial charge >= 0.3 is 5.97 Å². The van der Waals surface area contributed by atoms with E-state index in [0.29, 0.717) is 17.2 Å². The highest BCUT2D eigenvalue weighted by molar-refractivity contribution is 6.00. The number of methoxy groups -OCH3 is 1. The maximum Gasteiger partial charge on any atom is 0.337 e. The molecule has 0 unspecified atom stereocenters. The lowest BCUT2D eigenvalue weighted by atomic mass is 9.76. The fraction of sp³-hybridized carbons (Fsp3) is 0.258. The van der Waals surface area contributed by atoms with Crippen LogP contribution in [0.4, 0.5) is 5.69 Å². The molecule has 0 fully saturated rings. The lowest BCUT2D eigenvalue weighted by Crippen LogP contribution is -2.29. The molecule has 2 N–H and O–H groups in total. The second-order valence-electron chi connectivity index (χ2n) is 9.68. The van der Waals surface area contributed by atoms with Gasteiger partial charge in [-0.2, -0.15) is 5.10 Å². The van der Waals surface area contributed by atoms with E-state index in [-0.39, 0.29) is 30.4 Å². The molecule has 5 rings (SSSR count). The number of hydrazone groups is 1. The first-order valence-electron chi connectivity index (χ1n) is 12.7. The third kappa shape index (κ3) is 5.18. The zero-order valence-corrected chi connectivity index (χ0v) is 21.7. The minimum Gasteiger partial charge on any atom is -0.483 e. The molecule has 7 nitrogen and oxygen atoms in total.